The van der Waals surface area contributed by atoms with Gasteiger partial charge in [0.25, 0.3) is 0 Å². The standard InChI is InChI=1S/C23H24F5N5O3/c1-22(2,3)36-21(35)33-8-6-5-7-14(33)19-29-10-12-17(31-32(4)20(12)30-19)11-9-13(23(26,27)28)16(25)18(34)15(11)24/h9-10,14,34H,5-8H2,1-4H3. The van der Waals surface area contributed by atoms with E-state index in [1.165, 1.54) is 22.8 Å². The molecule has 1 amide bonds. The maximum absolute atomic E-state index is 14.7. The lowest BCUT2D eigenvalue weighted by Crippen LogP contribution is -2.42. The van der Waals surface area contributed by atoms with Gasteiger partial charge in [-0.3, -0.25) is 4.90 Å². The highest BCUT2D eigenvalue weighted by Gasteiger charge is 2.38. The number of ether oxygens (including phenoxy) is 1. The quantitative estimate of drug-likeness (QED) is 0.455. The molecule has 1 fully saturated rings. The van der Waals surface area contributed by atoms with E-state index < -0.39 is 52.4 Å². The molecule has 1 aliphatic rings. The highest BCUT2D eigenvalue weighted by Crippen LogP contribution is 2.41. The van der Waals surface area contributed by atoms with Gasteiger partial charge in [-0.25, -0.2) is 28.2 Å². The molecule has 4 rings (SSSR count). The SMILES string of the molecule is Cn1nc(-c2cc(C(F)(F)F)c(F)c(O)c2F)c2cnc(C3CCCCN3C(=O)OC(C)(C)C)nc21. The summed E-state index contributed by atoms with van der Waals surface area (Å²) >= 11 is 0. The Labute approximate surface area is 202 Å². The fraction of sp³-hybridized carbons (Fsp3) is 0.478. The first kappa shape index (κ1) is 25.6. The number of aryl methyl sites for hydroxylation is 1. The van der Waals surface area contributed by atoms with E-state index in [4.69, 9.17) is 4.74 Å². The second-order valence-electron chi connectivity index (χ2n) is 9.57. The molecule has 0 saturated carbocycles. The minimum absolute atomic E-state index is 0.0823. The molecular formula is C23H24F5N5O3. The van der Waals surface area contributed by atoms with Gasteiger partial charge in [-0.15, -0.1) is 0 Å². The Balaban J connectivity index is 1.79. The summed E-state index contributed by atoms with van der Waals surface area (Å²) in [6.45, 7) is 5.68. The Morgan fingerprint density at radius 1 is 1.17 bits per heavy atom. The molecule has 3 heterocycles. The summed E-state index contributed by atoms with van der Waals surface area (Å²) in [5, 5.41) is 13.8. The summed E-state index contributed by atoms with van der Waals surface area (Å²) < 4.78 is 75.2. The molecule has 1 aromatic carbocycles. The smallest absolute Gasteiger partial charge is 0.419 e. The van der Waals surface area contributed by atoms with Gasteiger partial charge in [0.15, 0.2) is 28.9 Å². The van der Waals surface area contributed by atoms with E-state index in [1.54, 1.807) is 20.8 Å². The predicted molar refractivity (Wildman–Crippen MR) is 118 cm³/mol. The Morgan fingerprint density at radius 2 is 1.86 bits per heavy atom. The zero-order chi connectivity index (χ0) is 26.6. The van der Waals surface area contributed by atoms with Crippen molar-refractivity contribution in [3.63, 3.8) is 0 Å². The second-order valence-corrected chi connectivity index (χ2v) is 9.57. The number of halogens is 5. The van der Waals surface area contributed by atoms with Crippen LogP contribution in [0.1, 0.15) is 57.5 Å². The lowest BCUT2D eigenvalue weighted by atomic mass is 10.0. The van der Waals surface area contributed by atoms with Crippen LogP contribution in [-0.2, 0) is 18.0 Å². The van der Waals surface area contributed by atoms with Crippen LogP contribution in [-0.4, -0.2) is 48.0 Å². The second kappa shape index (κ2) is 8.86. The molecule has 3 aromatic rings. The van der Waals surface area contributed by atoms with Crippen molar-refractivity contribution in [2.75, 3.05) is 6.54 Å². The molecule has 1 unspecified atom stereocenters. The van der Waals surface area contributed by atoms with Gasteiger partial charge in [-0.1, -0.05) is 0 Å². The number of rotatable bonds is 2. The third kappa shape index (κ3) is 4.65. The minimum atomic E-state index is -5.18. The summed E-state index contributed by atoms with van der Waals surface area (Å²) in [6, 6.07) is -0.259. The third-order valence-electron chi connectivity index (χ3n) is 5.77. The number of amides is 1. The number of phenolic OH excluding ortho intramolecular Hbond substituents is 1. The van der Waals surface area contributed by atoms with Gasteiger partial charge < -0.3 is 9.84 Å². The molecule has 0 spiro atoms. The van der Waals surface area contributed by atoms with Crippen LogP contribution in [0.25, 0.3) is 22.3 Å². The number of carbonyl (C=O) groups excluding carboxylic acids is 1. The van der Waals surface area contributed by atoms with Gasteiger partial charge in [-0.05, 0) is 46.1 Å². The molecule has 0 bridgehead atoms. The van der Waals surface area contributed by atoms with Crippen LogP contribution < -0.4 is 0 Å². The van der Waals surface area contributed by atoms with Crippen molar-refractivity contribution in [1.82, 2.24) is 24.6 Å². The number of hydrogen-bond acceptors (Lipinski definition) is 6. The van der Waals surface area contributed by atoms with Gasteiger partial charge in [-0.2, -0.15) is 18.3 Å². The van der Waals surface area contributed by atoms with Crippen LogP contribution in [0.4, 0.5) is 26.7 Å². The molecule has 1 aliphatic heterocycles. The zero-order valence-electron chi connectivity index (χ0n) is 20.0. The van der Waals surface area contributed by atoms with E-state index in [9.17, 15) is 31.9 Å². The highest BCUT2D eigenvalue weighted by molar-refractivity contribution is 5.91. The van der Waals surface area contributed by atoms with E-state index in [2.05, 4.69) is 15.1 Å². The number of hydrogen-bond donors (Lipinski definition) is 1. The number of piperidine rings is 1. The van der Waals surface area contributed by atoms with E-state index in [-0.39, 0.29) is 28.6 Å². The summed E-state index contributed by atoms with van der Waals surface area (Å²) in [5.74, 6) is -5.19. The van der Waals surface area contributed by atoms with Gasteiger partial charge in [0.1, 0.15) is 11.3 Å². The van der Waals surface area contributed by atoms with Gasteiger partial charge in [0.05, 0.1) is 17.0 Å². The summed E-state index contributed by atoms with van der Waals surface area (Å²) in [7, 11) is 1.45. The normalized spacial score (nSPS) is 17.0. The Kier molecular flexibility index (Phi) is 6.29. The average Bonchev–Trinajstić information content (AvgIpc) is 3.11. The lowest BCUT2D eigenvalue weighted by Gasteiger charge is -2.35. The molecule has 36 heavy (non-hydrogen) atoms. The fourth-order valence-electron chi connectivity index (χ4n) is 4.15. The number of nitrogens with zero attached hydrogens (tertiary/aromatic N) is 5. The van der Waals surface area contributed by atoms with Crippen LogP contribution in [0.5, 0.6) is 5.75 Å². The summed E-state index contributed by atoms with van der Waals surface area (Å²) in [6.07, 6.45) is -2.31. The number of aromatic nitrogens is 4. The highest BCUT2D eigenvalue weighted by atomic mass is 19.4. The summed E-state index contributed by atoms with van der Waals surface area (Å²) in [5.41, 5.74) is -3.44. The van der Waals surface area contributed by atoms with E-state index in [0.29, 0.717) is 13.0 Å². The number of alkyl halides is 3. The fourth-order valence-corrected chi connectivity index (χ4v) is 4.15. The predicted octanol–water partition coefficient (Wildman–Crippen LogP) is 5.50. The maximum atomic E-state index is 14.7. The molecular weight excluding hydrogens is 489 g/mol. The van der Waals surface area contributed by atoms with E-state index >= 15 is 0 Å². The van der Waals surface area contributed by atoms with E-state index in [1.807, 2.05) is 0 Å². The lowest BCUT2D eigenvalue weighted by molar-refractivity contribution is -0.140. The van der Waals surface area contributed by atoms with E-state index in [0.717, 1.165) is 12.8 Å². The number of aromatic hydroxyl groups is 1. The van der Waals surface area contributed by atoms with Crippen LogP contribution in [0.2, 0.25) is 0 Å². The first-order valence-electron chi connectivity index (χ1n) is 11.2. The Bertz CT molecular complexity index is 1330. The monoisotopic (exact) mass is 513 g/mol. The van der Waals surface area contributed by atoms with Crippen LogP contribution in [0.15, 0.2) is 12.3 Å². The van der Waals surface area contributed by atoms with Crippen LogP contribution >= 0.6 is 0 Å². The molecule has 194 valence electrons. The molecule has 13 heteroatoms. The molecule has 2 aromatic heterocycles. The van der Waals surface area contributed by atoms with Crippen LogP contribution in [0.3, 0.4) is 0 Å². The first-order chi connectivity index (χ1) is 16.7. The topological polar surface area (TPSA) is 93.4 Å². The van der Waals surface area contributed by atoms with Crippen molar-refractivity contribution in [3.8, 4) is 17.0 Å². The van der Waals surface area contributed by atoms with Crippen molar-refractivity contribution < 1.29 is 36.6 Å². The average molecular weight is 513 g/mol. The molecule has 1 atom stereocenters. The first-order valence-corrected chi connectivity index (χ1v) is 11.2. The molecule has 0 radical (unpaired) electrons. The van der Waals surface area contributed by atoms with Crippen LogP contribution in [0, 0.1) is 11.6 Å². The Hall–Kier alpha value is -3.51. The number of fused-ring (bicyclic) bond motifs is 1. The molecule has 1 N–H and O–H groups in total. The van der Waals surface area contributed by atoms with Gasteiger partial charge in [0, 0.05) is 25.4 Å². The van der Waals surface area contributed by atoms with Crippen molar-refractivity contribution >= 4 is 17.1 Å². The number of benzene rings is 1. The maximum Gasteiger partial charge on any atom is 0.419 e. The third-order valence-corrected chi connectivity index (χ3v) is 5.77. The molecule has 8 nitrogen and oxygen atoms in total. The number of phenols is 1. The van der Waals surface area contributed by atoms with Gasteiger partial charge in [0.2, 0.25) is 0 Å². The Morgan fingerprint density at radius 3 is 2.50 bits per heavy atom. The van der Waals surface area contributed by atoms with Crippen molar-refractivity contribution in [1.29, 1.82) is 0 Å². The largest absolute Gasteiger partial charge is 0.503 e. The number of likely N-dealkylation sites (tertiary alicyclic amines) is 1. The van der Waals surface area contributed by atoms with Crippen molar-refractivity contribution in [2.45, 2.75) is 57.9 Å². The molecule has 0 aliphatic carbocycles. The number of carbonyl (C=O) groups is 1. The summed E-state index contributed by atoms with van der Waals surface area (Å²) in [4.78, 5) is 23.1. The zero-order valence-corrected chi connectivity index (χ0v) is 20.0. The van der Waals surface area contributed by atoms with Gasteiger partial charge >= 0.3 is 12.3 Å². The molecule has 1 saturated heterocycles. The minimum Gasteiger partial charge on any atom is -0.503 e. The van der Waals surface area contributed by atoms with Crippen molar-refractivity contribution in [2.24, 2.45) is 7.05 Å². The van der Waals surface area contributed by atoms with Crippen molar-refractivity contribution in [3.05, 3.63) is 35.3 Å².